The number of quaternary nitrogens is 1. The molecule has 1 aliphatic heterocycles. The Hall–Kier alpha value is -0.763. The second kappa shape index (κ2) is 12.7. The SMILES string of the molecule is CCCCCCOc1nsnc1C1=CCC[N+](C)(C(O[Si](C(C)C)(C(C)C)C(C)C)C(C)(C)C)C1. The van der Waals surface area contributed by atoms with Crippen LogP contribution in [0.2, 0.25) is 16.6 Å². The highest BCUT2D eigenvalue weighted by Crippen LogP contribution is 2.47. The first-order valence-corrected chi connectivity index (χ1v) is 16.8. The van der Waals surface area contributed by atoms with Gasteiger partial charge in [0.1, 0.15) is 12.2 Å². The predicted molar refractivity (Wildman–Crippen MR) is 153 cm³/mol. The first-order valence-electron chi connectivity index (χ1n) is 14.0. The standard InChI is InChI=1S/C28H54N3O2SSi/c1-12-13-14-15-19-32-26-25(29-34-30-26)24-17-16-18-31(11,20-24)27(28(8,9)10)33-35(21(2)3,22(4)5)23(6)7/h17,21-23,27H,12-16,18-20H2,1-11H3/q+1. The highest BCUT2D eigenvalue weighted by atomic mass is 32.1. The van der Waals surface area contributed by atoms with Gasteiger partial charge in [0.25, 0.3) is 5.88 Å². The van der Waals surface area contributed by atoms with Crippen molar-refractivity contribution >= 4 is 25.6 Å². The Labute approximate surface area is 221 Å². The molecular formula is C28H54N3O2SSi+. The molecule has 7 heteroatoms. The van der Waals surface area contributed by atoms with Crippen LogP contribution < -0.4 is 4.74 Å². The molecule has 0 bridgehead atoms. The van der Waals surface area contributed by atoms with E-state index in [-0.39, 0.29) is 11.6 Å². The van der Waals surface area contributed by atoms with Gasteiger partial charge in [-0.3, -0.25) is 4.48 Å². The number of aromatic nitrogens is 2. The lowest BCUT2D eigenvalue weighted by Crippen LogP contribution is -2.65. The second-order valence-corrected chi connectivity index (χ2v) is 18.8. The van der Waals surface area contributed by atoms with Crippen LogP contribution in [0.3, 0.4) is 0 Å². The Kier molecular flexibility index (Phi) is 11.0. The lowest BCUT2D eigenvalue weighted by Gasteiger charge is -2.54. The van der Waals surface area contributed by atoms with Crippen LogP contribution in [0.15, 0.2) is 6.08 Å². The summed E-state index contributed by atoms with van der Waals surface area (Å²) in [5, 5.41) is 0. The van der Waals surface area contributed by atoms with Crippen LogP contribution in [0, 0.1) is 5.41 Å². The van der Waals surface area contributed by atoms with Gasteiger partial charge in [-0.1, -0.05) is 94.6 Å². The van der Waals surface area contributed by atoms with Crippen molar-refractivity contribution in [3.63, 3.8) is 0 Å². The second-order valence-electron chi connectivity index (χ2n) is 12.9. The highest BCUT2D eigenvalue weighted by molar-refractivity contribution is 6.99. The zero-order valence-corrected chi connectivity index (χ0v) is 26.4. The zero-order chi connectivity index (χ0) is 26.4. The summed E-state index contributed by atoms with van der Waals surface area (Å²) in [6.07, 6.45) is 8.28. The molecule has 1 aromatic heterocycles. The zero-order valence-electron chi connectivity index (χ0n) is 24.6. The summed E-state index contributed by atoms with van der Waals surface area (Å²) in [7, 11) is 0.352. The molecule has 0 spiro atoms. The fraction of sp³-hybridized carbons (Fsp3) is 0.857. The lowest BCUT2D eigenvalue weighted by molar-refractivity contribution is -0.953. The van der Waals surface area contributed by atoms with Crippen LogP contribution >= 0.6 is 11.7 Å². The smallest absolute Gasteiger partial charge is 0.253 e. The van der Waals surface area contributed by atoms with E-state index in [0.29, 0.717) is 16.6 Å². The molecule has 0 saturated heterocycles. The number of hydrogen-bond acceptors (Lipinski definition) is 5. The third kappa shape index (κ3) is 7.17. The van der Waals surface area contributed by atoms with Crippen molar-refractivity contribution in [2.24, 2.45) is 5.41 Å². The Morgan fingerprint density at radius 1 is 1.00 bits per heavy atom. The summed E-state index contributed by atoms with van der Waals surface area (Å²) in [6, 6.07) is 0. The van der Waals surface area contributed by atoms with Gasteiger partial charge in [0.2, 0.25) is 8.32 Å². The van der Waals surface area contributed by atoms with Crippen LogP contribution in [0.1, 0.15) is 107 Å². The van der Waals surface area contributed by atoms with Crippen molar-refractivity contribution in [3.8, 4) is 5.88 Å². The molecule has 0 N–H and O–H groups in total. The number of nitrogens with zero attached hydrogens (tertiary/aromatic N) is 3. The van der Waals surface area contributed by atoms with E-state index in [2.05, 4.69) is 86.7 Å². The van der Waals surface area contributed by atoms with Crippen molar-refractivity contribution in [3.05, 3.63) is 11.8 Å². The molecule has 1 aliphatic rings. The average Bonchev–Trinajstić information content (AvgIpc) is 3.21. The molecule has 0 amide bonds. The van der Waals surface area contributed by atoms with Crippen LogP contribution in [0.5, 0.6) is 5.88 Å². The topological polar surface area (TPSA) is 44.2 Å². The molecule has 2 heterocycles. The van der Waals surface area contributed by atoms with Crippen LogP contribution in [-0.2, 0) is 4.43 Å². The number of unbranched alkanes of at least 4 members (excludes halogenated alkanes) is 3. The largest absolute Gasteiger partial charge is 0.475 e. The first kappa shape index (κ1) is 30.5. The third-order valence-corrected chi connectivity index (χ3v) is 14.4. The molecular weight excluding hydrogens is 470 g/mol. The molecule has 0 aromatic carbocycles. The normalized spacial score (nSPS) is 20.6. The van der Waals surface area contributed by atoms with E-state index < -0.39 is 8.32 Å². The highest BCUT2D eigenvalue weighted by Gasteiger charge is 2.53. The fourth-order valence-electron chi connectivity index (χ4n) is 6.45. The maximum absolute atomic E-state index is 7.55. The minimum Gasteiger partial charge on any atom is -0.475 e. The van der Waals surface area contributed by atoms with E-state index in [1.165, 1.54) is 36.6 Å². The molecule has 0 saturated carbocycles. The number of ether oxygens (including phenoxy) is 1. The van der Waals surface area contributed by atoms with E-state index in [1.807, 2.05) is 0 Å². The van der Waals surface area contributed by atoms with E-state index in [0.717, 1.165) is 48.6 Å². The summed E-state index contributed by atoms with van der Waals surface area (Å²) >= 11 is 1.27. The molecule has 202 valence electrons. The van der Waals surface area contributed by atoms with E-state index >= 15 is 0 Å². The Morgan fingerprint density at radius 2 is 1.63 bits per heavy atom. The molecule has 0 aliphatic carbocycles. The summed E-state index contributed by atoms with van der Waals surface area (Å²) in [5.74, 6) is 0.717. The van der Waals surface area contributed by atoms with Crippen molar-refractivity contribution in [1.29, 1.82) is 0 Å². The maximum atomic E-state index is 7.55. The van der Waals surface area contributed by atoms with Gasteiger partial charge in [-0.2, -0.15) is 4.37 Å². The van der Waals surface area contributed by atoms with Gasteiger partial charge >= 0.3 is 0 Å². The van der Waals surface area contributed by atoms with Crippen molar-refractivity contribution in [1.82, 2.24) is 8.75 Å². The van der Waals surface area contributed by atoms with Gasteiger partial charge in [0, 0.05) is 17.4 Å². The summed E-state index contributed by atoms with van der Waals surface area (Å²) < 4.78 is 23.8. The van der Waals surface area contributed by atoms with Gasteiger partial charge in [-0.05, 0) is 23.0 Å². The van der Waals surface area contributed by atoms with Crippen LogP contribution in [-0.4, -0.2) is 54.5 Å². The van der Waals surface area contributed by atoms with E-state index in [9.17, 15) is 0 Å². The third-order valence-electron chi connectivity index (χ3n) is 7.89. The molecule has 1 aromatic rings. The van der Waals surface area contributed by atoms with E-state index in [1.54, 1.807) is 0 Å². The quantitative estimate of drug-likeness (QED) is 0.148. The molecule has 2 rings (SSSR count). The van der Waals surface area contributed by atoms with Crippen molar-refractivity contribution in [2.45, 2.75) is 124 Å². The lowest BCUT2D eigenvalue weighted by atomic mass is 9.90. The van der Waals surface area contributed by atoms with Gasteiger partial charge in [-0.15, -0.1) is 4.37 Å². The maximum Gasteiger partial charge on any atom is 0.253 e. The predicted octanol–water partition coefficient (Wildman–Crippen LogP) is 8.30. The Bertz CT molecular complexity index is 794. The number of rotatable bonds is 13. The van der Waals surface area contributed by atoms with Gasteiger partial charge < -0.3 is 9.16 Å². The van der Waals surface area contributed by atoms with Crippen molar-refractivity contribution < 1.29 is 13.6 Å². The summed E-state index contributed by atoms with van der Waals surface area (Å²) in [6.45, 7) is 26.3. The van der Waals surface area contributed by atoms with Crippen LogP contribution in [0.25, 0.3) is 5.57 Å². The van der Waals surface area contributed by atoms with Gasteiger partial charge in [-0.25, -0.2) is 0 Å². The minimum atomic E-state index is -2.05. The molecule has 5 nitrogen and oxygen atoms in total. The van der Waals surface area contributed by atoms with E-state index in [4.69, 9.17) is 13.5 Å². The molecule has 35 heavy (non-hydrogen) atoms. The molecule has 2 atom stereocenters. The first-order chi connectivity index (χ1) is 16.3. The summed E-state index contributed by atoms with van der Waals surface area (Å²) in [5.41, 5.74) is 3.92. The number of likely N-dealkylation sites (N-methyl/N-ethyl adjacent to an activating group) is 1. The average molecular weight is 525 g/mol. The Morgan fingerprint density at radius 3 is 2.17 bits per heavy atom. The van der Waals surface area contributed by atoms with Crippen molar-refractivity contribution in [2.75, 3.05) is 26.7 Å². The molecule has 2 unspecified atom stereocenters. The van der Waals surface area contributed by atoms with Crippen LogP contribution in [0.4, 0.5) is 0 Å². The van der Waals surface area contributed by atoms with Gasteiger partial charge in [0.15, 0.2) is 6.23 Å². The minimum absolute atomic E-state index is 0.0209. The van der Waals surface area contributed by atoms with Gasteiger partial charge in [0.05, 0.1) is 31.9 Å². The number of hydrogen-bond donors (Lipinski definition) is 0. The summed E-state index contributed by atoms with van der Waals surface area (Å²) in [4.78, 5) is 0. The fourth-order valence-corrected chi connectivity index (χ4v) is 12.8. The monoisotopic (exact) mass is 524 g/mol. The molecule has 0 radical (unpaired) electrons. The molecule has 0 fully saturated rings. The Balaban J connectivity index is 2.32.